The maximum absolute atomic E-state index is 6.89. The molecule has 0 rings (SSSR count). The van der Waals surface area contributed by atoms with Gasteiger partial charge in [-0.3, -0.25) is 5.41 Å². The van der Waals surface area contributed by atoms with E-state index >= 15 is 0 Å². The average Bonchev–Trinajstić information content (AvgIpc) is 1.67. The Morgan fingerprint density at radius 2 is 2.12 bits per heavy atom. The van der Waals surface area contributed by atoms with E-state index in [1.807, 2.05) is 0 Å². The second-order valence-corrected chi connectivity index (χ2v) is 2.18. The Hall–Kier alpha value is -0.390. The van der Waals surface area contributed by atoms with Crippen molar-refractivity contribution >= 4 is 32.5 Å². The van der Waals surface area contributed by atoms with E-state index in [2.05, 4.69) is 0 Å². The molecule has 0 aliphatic carbocycles. The molecule has 0 fully saturated rings. The molecule has 0 saturated carbocycles. The van der Waals surface area contributed by atoms with Crippen molar-refractivity contribution < 1.29 is 0 Å². The van der Waals surface area contributed by atoms with Gasteiger partial charge in [-0.15, -0.1) is 0 Å². The Balaban J connectivity index is 3.99. The maximum atomic E-state index is 6.89. The van der Waals surface area contributed by atoms with Crippen molar-refractivity contribution in [3.05, 3.63) is 11.8 Å². The number of hydrogen-bond donors (Lipinski definition) is 3. The van der Waals surface area contributed by atoms with E-state index in [9.17, 15) is 0 Å². The molecule has 3 nitrogen and oxygen atoms in total. The second-order valence-electron chi connectivity index (χ2n) is 1.10. The standard InChI is InChI=1S/C4H6IN3/c5-4(8)3(7)1-2-6/h1-2,6,8H,7H2/b3-1+,6-2?,8-4?. The molecule has 0 amide bonds. The molecular weight excluding hydrogens is 217 g/mol. The summed E-state index contributed by atoms with van der Waals surface area (Å²) in [7, 11) is 0. The largest absolute Gasteiger partial charge is 0.397 e. The molecule has 8 heavy (non-hydrogen) atoms. The lowest BCUT2D eigenvalue weighted by molar-refractivity contribution is 1.44. The van der Waals surface area contributed by atoms with Gasteiger partial charge in [0.05, 0.1) is 5.70 Å². The number of halogens is 1. The molecule has 4 N–H and O–H groups in total. The van der Waals surface area contributed by atoms with E-state index in [1.165, 1.54) is 6.08 Å². The summed E-state index contributed by atoms with van der Waals surface area (Å²) in [6, 6.07) is 0. The average molecular weight is 223 g/mol. The van der Waals surface area contributed by atoms with E-state index < -0.39 is 0 Å². The van der Waals surface area contributed by atoms with E-state index in [0.29, 0.717) is 5.70 Å². The fourth-order valence-electron chi connectivity index (χ4n) is 0.163. The molecule has 0 bridgehead atoms. The van der Waals surface area contributed by atoms with Gasteiger partial charge in [0.15, 0.2) is 0 Å². The lowest BCUT2D eigenvalue weighted by Gasteiger charge is -1.88. The molecule has 0 aromatic heterocycles. The Morgan fingerprint density at radius 3 is 2.25 bits per heavy atom. The summed E-state index contributed by atoms with van der Waals surface area (Å²) in [6.45, 7) is 0. The Bertz CT molecular complexity index is 138. The highest BCUT2D eigenvalue weighted by Gasteiger charge is 1.88. The third-order valence-corrected chi connectivity index (χ3v) is 1.14. The molecule has 4 heteroatoms. The number of rotatable bonds is 2. The van der Waals surface area contributed by atoms with Gasteiger partial charge in [-0.1, -0.05) is 0 Å². The smallest absolute Gasteiger partial charge is 0.115 e. The van der Waals surface area contributed by atoms with Crippen molar-refractivity contribution in [3.8, 4) is 0 Å². The normalized spacial score (nSPS) is 10.9. The topological polar surface area (TPSA) is 73.7 Å². The number of allylic oxidation sites excluding steroid dienone is 2. The van der Waals surface area contributed by atoms with Crippen LogP contribution in [0.5, 0.6) is 0 Å². The quantitative estimate of drug-likeness (QED) is 0.472. The van der Waals surface area contributed by atoms with Crippen LogP contribution in [0, 0.1) is 10.8 Å². The Labute approximate surface area is 61.1 Å². The van der Waals surface area contributed by atoms with E-state index in [0.717, 1.165) is 6.21 Å². The number of nitrogens with one attached hydrogen (secondary N) is 2. The maximum Gasteiger partial charge on any atom is 0.115 e. The molecule has 0 aromatic carbocycles. The van der Waals surface area contributed by atoms with Crippen LogP contribution in [-0.2, 0) is 0 Å². The number of nitrogens with two attached hydrogens (primary N) is 1. The third-order valence-electron chi connectivity index (χ3n) is 0.516. The summed E-state index contributed by atoms with van der Waals surface area (Å²) in [5, 5.41) is 13.4. The highest BCUT2D eigenvalue weighted by Crippen LogP contribution is 1.93. The van der Waals surface area contributed by atoms with Gasteiger partial charge in [0, 0.05) is 6.21 Å². The molecule has 0 aliphatic rings. The number of hydrogen-bond acceptors (Lipinski definition) is 3. The molecular formula is C4H6IN3. The highest BCUT2D eigenvalue weighted by molar-refractivity contribution is 14.1. The van der Waals surface area contributed by atoms with Crippen LogP contribution in [0.1, 0.15) is 0 Å². The highest BCUT2D eigenvalue weighted by atomic mass is 127. The van der Waals surface area contributed by atoms with E-state index in [1.54, 1.807) is 22.6 Å². The lowest BCUT2D eigenvalue weighted by atomic mass is 10.4. The predicted octanol–water partition coefficient (Wildman–Crippen LogP) is 0.891. The van der Waals surface area contributed by atoms with Gasteiger partial charge >= 0.3 is 0 Å². The molecule has 0 atom stereocenters. The summed E-state index contributed by atoms with van der Waals surface area (Å²) in [5.41, 5.74) is 5.54. The zero-order chi connectivity index (χ0) is 6.57. The first-order chi connectivity index (χ1) is 3.68. The van der Waals surface area contributed by atoms with E-state index in [4.69, 9.17) is 16.6 Å². The van der Waals surface area contributed by atoms with Crippen LogP contribution in [0.3, 0.4) is 0 Å². The lowest BCUT2D eigenvalue weighted by Crippen LogP contribution is -2.02. The minimum atomic E-state index is 0.270. The van der Waals surface area contributed by atoms with Crippen molar-refractivity contribution in [1.29, 1.82) is 10.8 Å². The summed E-state index contributed by atoms with van der Waals surface area (Å²) in [6.07, 6.45) is 2.43. The molecule has 0 aliphatic heterocycles. The first-order valence-corrected chi connectivity index (χ1v) is 2.97. The fourth-order valence-corrected chi connectivity index (χ4v) is 0.343. The summed E-state index contributed by atoms with van der Waals surface area (Å²) in [5.74, 6) is 0. The molecule has 0 radical (unpaired) electrons. The second kappa shape index (κ2) is 3.59. The van der Waals surface area contributed by atoms with Gasteiger partial charge in [-0.25, -0.2) is 0 Å². The van der Waals surface area contributed by atoms with Crippen molar-refractivity contribution in [2.24, 2.45) is 5.73 Å². The van der Waals surface area contributed by atoms with Crippen LogP contribution >= 0.6 is 22.6 Å². The zero-order valence-electron chi connectivity index (χ0n) is 4.11. The molecule has 0 saturated heterocycles. The van der Waals surface area contributed by atoms with Crippen LogP contribution < -0.4 is 5.73 Å². The van der Waals surface area contributed by atoms with E-state index in [-0.39, 0.29) is 3.72 Å². The molecule has 44 valence electrons. The fraction of sp³-hybridized carbons (Fsp3) is 0. The van der Waals surface area contributed by atoms with Gasteiger partial charge in [0.2, 0.25) is 0 Å². The summed E-state index contributed by atoms with van der Waals surface area (Å²) in [4.78, 5) is 0. The van der Waals surface area contributed by atoms with Crippen LogP contribution in [0.4, 0.5) is 0 Å². The monoisotopic (exact) mass is 223 g/mol. The van der Waals surface area contributed by atoms with Crippen LogP contribution in [-0.4, -0.2) is 9.93 Å². The Morgan fingerprint density at radius 1 is 1.62 bits per heavy atom. The minimum Gasteiger partial charge on any atom is -0.397 e. The molecule has 0 spiro atoms. The van der Waals surface area contributed by atoms with Gasteiger partial charge in [0.25, 0.3) is 0 Å². The van der Waals surface area contributed by atoms with Crippen LogP contribution in [0.15, 0.2) is 11.8 Å². The van der Waals surface area contributed by atoms with Crippen molar-refractivity contribution in [3.63, 3.8) is 0 Å². The predicted molar refractivity (Wildman–Crippen MR) is 42.8 cm³/mol. The van der Waals surface area contributed by atoms with Crippen molar-refractivity contribution in [1.82, 2.24) is 0 Å². The van der Waals surface area contributed by atoms with Gasteiger partial charge < -0.3 is 11.1 Å². The minimum absolute atomic E-state index is 0.270. The van der Waals surface area contributed by atoms with Gasteiger partial charge in [0.1, 0.15) is 3.72 Å². The SMILES string of the molecule is N=C/C=C(/N)C(=N)I. The van der Waals surface area contributed by atoms with Crippen LogP contribution in [0.2, 0.25) is 0 Å². The zero-order valence-corrected chi connectivity index (χ0v) is 6.27. The van der Waals surface area contributed by atoms with Gasteiger partial charge in [-0.2, -0.15) is 0 Å². The molecule has 0 aromatic rings. The Kier molecular flexibility index (Phi) is 3.42. The summed E-state index contributed by atoms with van der Waals surface area (Å²) < 4.78 is 0.270. The molecule has 0 unspecified atom stereocenters. The first-order valence-electron chi connectivity index (χ1n) is 1.89. The van der Waals surface area contributed by atoms with Crippen molar-refractivity contribution in [2.75, 3.05) is 0 Å². The van der Waals surface area contributed by atoms with Gasteiger partial charge in [-0.05, 0) is 28.7 Å². The van der Waals surface area contributed by atoms with Crippen molar-refractivity contribution in [2.45, 2.75) is 0 Å². The third kappa shape index (κ3) is 2.73. The first kappa shape index (κ1) is 7.61. The summed E-state index contributed by atoms with van der Waals surface area (Å²) >= 11 is 1.78. The van der Waals surface area contributed by atoms with Crippen LogP contribution in [0.25, 0.3) is 0 Å². The molecule has 0 heterocycles.